The highest BCUT2D eigenvalue weighted by Gasteiger charge is 2.30. The second-order valence-electron chi connectivity index (χ2n) is 8.26. The van der Waals surface area contributed by atoms with Crippen molar-refractivity contribution >= 4 is 21.6 Å². The van der Waals surface area contributed by atoms with E-state index in [1.165, 1.54) is 4.31 Å². The van der Waals surface area contributed by atoms with E-state index in [-0.39, 0.29) is 17.3 Å². The highest BCUT2D eigenvalue weighted by Crippen LogP contribution is 2.26. The van der Waals surface area contributed by atoms with Crippen molar-refractivity contribution in [3.63, 3.8) is 0 Å². The van der Waals surface area contributed by atoms with Crippen molar-refractivity contribution in [1.82, 2.24) is 9.80 Å². The van der Waals surface area contributed by atoms with Crippen molar-refractivity contribution in [2.75, 3.05) is 44.1 Å². The quantitative estimate of drug-likeness (QED) is 0.708. The Bertz CT molecular complexity index is 962. The molecule has 1 fully saturated rings. The monoisotopic (exact) mass is 429 g/mol. The van der Waals surface area contributed by atoms with E-state index in [2.05, 4.69) is 18.7 Å². The van der Waals surface area contributed by atoms with Crippen LogP contribution in [-0.2, 0) is 14.8 Å². The minimum absolute atomic E-state index is 0.174. The van der Waals surface area contributed by atoms with Gasteiger partial charge in [-0.05, 0) is 49.7 Å². The maximum atomic E-state index is 13.5. The van der Waals surface area contributed by atoms with E-state index in [1.54, 1.807) is 41.3 Å². The third-order valence-corrected chi connectivity index (χ3v) is 7.38. The summed E-state index contributed by atoms with van der Waals surface area (Å²) in [5, 5.41) is 0. The molecule has 0 N–H and O–H groups in total. The first kappa shape index (κ1) is 22.3. The topological polar surface area (TPSA) is 60.9 Å². The summed E-state index contributed by atoms with van der Waals surface area (Å²) in [5.74, 6) is 0.167. The Balaban J connectivity index is 1.93. The van der Waals surface area contributed by atoms with Crippen molar-refractivity contribution in [2.24, 2.45) is 0 Å². The van der Waals surface area contributed by atoms with Gasteiger partial charge in [-0.15, -0.1) is 0 Å². The molecular formula is C23H31N3O3S. The van der Waals surface area contributed by atoms with Crippen LogP contribution >= 0.6 is 0 Å². The van der Waals surface area contributed by atoms with E-state index >= 15 is 0 Å². The molecule has 0 radical (unpaired) electrons. The smallest absolute Gasteiger partial charge is 0.264 e. The maximum Gasteiger partial charge on any atom is 0.264 e. The number of nitrogens with zero attached hydrogens (tertiary/aromatic N) is 3. The van der Waals surface area contributed by atoms with Crippen molar-refractivity contribution < 1.29 is 13.2 Å². The van der Waals surface area contributed by atoms with E-state index < -0.39 is 10.0 Å². The average Bonchev–Trinajstić information content (AvgIpc) is 2.72. The normalized spacial score (nSPS) is 15.4. The van der Waals surface area contributed by atoms with Crippen LogP contribution in [-0.4, -0.2) is 63.9 Å². The molecule has 0 spiro atoms. The molecule has 6 nitrogen and oxygen atoms in total. The van der Waals surface area contributed by atoms with E-state index in [4.69, 9.17) is 0 Å². The first-order chi connectivity index (χ1) is 14.2. The fraction of sp³-hybridized carbons (Fsp3) is 0.435. The lowest BCUT2D eigenvalue weighted by atomic mass is 10.0. The van der Waals surface area contributed by atoms with Crippen LogP contribution in [0.2, 0.25) is 0 Å². The van der Waals surface area contributed by atoms with Gasteiger partial charge in [0.1, 0.15) is 6.54 Å². The Morgan fingerprint density at radius 1 is 0.967 bits per heavy atom. The molecule has 162 valence electrons. The lowest BCUT2D eigenvalue weighted by molar-refractivity contribution is -0.131. The summed E-state index contributed by atoms with van der Waals surface area (Å²) in [4.78, 5) is 17.1. The fourth-order valence-corrected chi connectivity index (χ4v) is 4.87. The number of aryl methyl sites for hydroxylation is 1. The van der Waals surface area contributed by atoms with E-state index in [1.807, 2.05) is 26.1 Å². The Kier molecular flexibility index (Phi) is 6.83. The maximum absolute atomic E-state index is 13.5. The van der Waals surface area contributed by atoms with Crippen molar-refractivity contribution in [3.8, 4) is 0 Å². The molecule has 1 heterocycles. The van der Waals surface area contributed by atoms with E-state index in [9.17, 15) is 13.2 Å². The summed E-state index contributed by atoms with van der Waals surface area (Å²) in [6.45, 7) is 8.69. The number of amides is 1. The van der Waals surface area contributed by atoms with E-state index in [0.29, 0.717) is 24.7 Å². The number of likely N-dealkylation sites (N-methyl/N-ethyl adjacent to an activating group) is 1. The van der Waals surface area contributed by atoms with Crippen molar-refractivity contribution in [1.29, 1.82) is 0 Å². The standard InChI is InChI=1S/C23H31N3O3S/c1-18(2)20-7-9-21(10-8-20)26(17-23(27)25-15-13-24(4)14-16-25)30(28,29)22-11-5-19(3)6-12-22/h5-12,18H,13-17H2,1-4H3. The van der Waals surface area contributed by atoms with Gasteiger partial charge >= 0.3 is 0 Å². The van der Waals surface area contributed by atoms with Gasteiger partial charge in [-0.2, -0.15) is 0 Å². The van der Waals surface area contributed by atoms with Crippen LogP contribution in [0.1, 0.15) is 30.9 Å². The predicted octanol–water partition coefficient (Wildman–Crippen LogP) is 3.09. The average molecular weight is 430 g/mol. The molecule has 1 saturated heterocycles. The number of benzene rings is 2. The third-order valence-electron chi connectivity index (χ3n) is 5.59. The molecule has 1 aliphatic heterocycles. The molecular weight excluding hydrogens is 398 g/mol. The summed E-state index contributed by atoms with van der Waals surface area (Å²) >= 11 is 0. The number of sulfonamides is 1. The lowest BCUT2D eigenvalue weighted by Crippen LogP contribution is -2.50. The van der Waals surface area contributed by atoms with Crippen LogP contribution < -0.4 is 4.31 Å². The first-order valence-corrected chi connectivity index (χ1v) is 11.8. The first-order valence-electron chi connectivity index (χ1n) is 10.3. The molecule has 0 unspecified atom stereocenters. The number of carbonyl (C=O) groups excluding carboxylic acids is 1. The summed E-state index contributed by atoms with van der Waals surface area (Å²) in [7, 11) is -1.85. The lowest BCUT2D eigenvalue weighted by Gasteiger charge is -2.34. The van der Waals surface area contributed by atoms with Gasteiger partial charge in [0, 0.05) is 26.2 Å². The molecule has 1 aliphatic rings. The molecule has 0 bridgehead atoms. The number of carbonyl (C=O) groups is 1. The predicted molar refractivity (Wildman–Crippen MR) is 120 cm³/mol. The van der Waals surface area contributed by atoms with Gasteiger partial charge in [-0.1, -0.05) is 43.7 Å². The van der Waals surface area contributed by atoms with E-state index in [0.717, 1.165) is 24.2 Å². The number of anilines is 1. The summed E-state index contributed by atoms with van der Waals surface area (Å²) in [6, 6.07) is 14.2. The van der Waals surface area contributed by atoms with Gasteiger partial charge in [-0.3, -0.25) is 9.10 Å². The van der Waals surface area contributed by atoms with Gasteiger partial charge in [0.25, 0.3) is 10.0 Å². The van der Waals surface area contributed by atoms with Crippen LogP contribution in [0.4, 0.5) is 5.69 Å². The minimum atomic E-state index is -3.87. The fourth-order valence-electron chi connectivity index (χ4n) is 3.46. The van der Waals surface area contributed by atoms with Gasteiger partial charge in [-0.25, -0.2) is 8.42 Å². The molecule has 0 atom stereocenters. The summed E-state index contributed by atoms with van der Waals surface area (Å²) < 4.78 is 28.2. The second-order valence-corrected chi connectivity index (χ2v) is 10.1. The molecule has 0 aliphatic carbocycles. The van der Waals surface area contributed by atoms with Gasteiger partial charge in [0.05, 0.1) is 10.6 Å². The zero-order chi connectivity index (χ0) is 21.9. The zero-order valence-corrected chi connectivity index (χ0v) is 19.0. The summed E-state index contributed by atoms with van der Waals surface area (Å²) in [6.07, 6.45) is 0. The minimum Gasteiger partial charge on any atom is -0.339 e. The van der Waals surface area contributed by atoms with Crippen LogP contribution in [0.15, 0.2) is 53.4 Å². The molecule has 2 aromatic carbocycles. The molecule has 30 heavy (non-hydrogen) atoms. The SMILES string of the molecule is Cc1ccc(S(=O)(=O)N(CC(=O)N2CCN(C)CC2)c2ccc(C(C)C)cc2)cc1. The van der Waals surface area contributed by atoms with Gasteiger partial charge in [0.15, 0.2) is 0 Å². The Morgan fingerprint density at radius 3 is 2.07 bits per heavy atom. The highest BCUT2D eigenvalue weighted by atomic mass is 32.2. The second kappa shape index (κ2) is 9.18. The summed E-state index contributed by atoms with van der Waals surface area (Å²) in [5.41, 5.74) is 2.61. The van der Waals surface area contributed by atoms with Gasteiger partial charge < -0.3 is 9.80 Å². The van der Waals surface area contributed by atoms with Crippen molar-refractivity contribution in [2.45, 2.75) is 31.6 Å². The zero-order valence-electron chi connectivity index (χ0n) is 18.2. The Hall–Kier alpha value is -2.38. The molecule has 2 aromatic rings. The van der Waals surface area contributed by atoms with Gasteiger partial charge in [0.2, 0.25) is 5.91 Å². The van der Waals surface area contributed by atoms with Crippen LogP contribution in [0, 0.1) is 6.92 Å². The van der Waals surface area contributed by atoms with Crippen LogP contribution in [0.5, 0.6) is 0 Å². The number of hydrogen-bond donors (Lipinski definition) is 0. The molecule has 3 rings (SSSR count). The molecule has 1 amide bonds. The van der Waals surface area contributed by atoms with Crippen molar-refractivity contribution in [3.05, 3.63) is 59.7 Å². The molecule has 0 saturated carbocycles. The number of rotatable bonds is 6. The Labute approximate surface area is 180 Å². The largest absolute Gasteiger partial charge is 0.339 e. The Morgan fingerprint density at radius 2 is 1.53 bits per heavy atom. The number of hydrogen-bond acceptors (Lipinski definition) is 4. The van der Waals surface area contributed by atoms with Crippen LogP contribution in [0.25, 0.3) is 0 Å². The van der Waals surface area contributed by atoms with Crippen LogP contribution in [0.3, 0.4) is 0 Å². The molecule has 7 heteroatoms. The third kappa shape index (κ3) is 5.02. The highest BCUT2D eigenvalue weighted by molar-refractivity contribution is 7.92. The number of piperazine rings is 1. The molecule has 0 aromatic heterocycles.